The third-order valence-electron chi connectivity index (χ3n) is 4.87. The van der Waals surface area contributed by atoms with Crippen molar-refractivity contribution in [1.82, 2.24) is 4.90 Å². The fourth-order valence-corrected chi connectivity index (χ4v) is 3.47. The molecule has 0 atom stereocenters. The van der Waals surface area contributed by atoms with Gasteiger partial charge in [-0.2, -0.15) is 0 Å². The van der Waals surface area contributed by atoms with Crippen LogP contribution in [-0.2, 0) is 4.79 Å². The summed E-state index contributed by atoms with van der Waals surface area (Å²) in [6.45, 7) is 3.89. The maximum Gasteiger partial charge on any atom is 0.254 e. The van der Waals surface area contributed by atoms with E-state index in [2.05, 4.69) is 5.32 Å². The highest BCUT2D eigenvalue weighted by molar-refractivity contribution is 6.32. The molecule has 1 heterocycles. The zero-order valence-corrected chi connectivity index (χ0v) is 16.8. The van der Waals surface area contributed by atoms with Gasteiger partial charge < -0.3 is 15.0 Å². The molecule has 1 saturated heterocycles. The highest BCUT2D eigenvalue weighted by Crippen LogP contribution is 2.24. The first kappa shape index (κ1) is 20.2. The van der Waals surface area contributed by atoms with Crippen LogP contribution in [0.2, 0.25) is 5.02 Å². The average Bonchev–Trinajstić information content (AvgIpc) is 3.22. The summed E-state index contributed by atoms with van der Waals surface area (Å²) in [7, 11) is 0. The molecule has 0 radical (unpaired) electrons. The number of hydrogen-bond acceptors (Lipinski definition) is 3. The molecule has 3 rings (SSSR count). The van der Waals surface area contributed by atoms with E-state index >= 15 is 0 Å². The van der Waals surface area contributed by atoms with Gasteiger partial charge in [-0.1, -0.05) is 29.8 Å². The van der Waals surface area contributed by atoms with Gasteiger partial charge in [-0.05, 0) is 56.0 Å². The van der Waals surface area contributed by atoms with Gasteiger partial charge >= 0.3 is 0 Å². The molecule has 0 spiro atoms. The molecular weight excluding hydrogens is 376 g/mol. The van der Waals surface area contributed by atoms with Gasteiger partial charge in [-0.15, -0.1) is 0 Å². The highest BCUT2D eigenvalue weighted by Gasteiger charge is 2.21. The lowest BCUT2D eigenvalue weighted by Crippen LogP contribution is -2.28. The SMILES string of the molecule is Cc1c(NC(=O)CCCOc2ccccc2Cl)cccc1C(=O)N1CCCC1. The minimum atomic E-state index is -0.100. The number of halogens is 1. The van der Waals surface area contributed by atoms with E-state index in [0.717, 1.165) is 31.5 Å². The van der Waals surface area contributed by atoms with Crippen LogP contribution in [0.4, 0.5) is 5.69 Å². The maximum absolute atomic E-state index is 12.7. The van der Waals surface area contributed by atoms with E-state index in [0.29, 0.717) is 41.5 Å². The molecule has 148 valence electrons. The Morgan fingerprint density at radius 1 is 1.11 bits per heavy atom. The van der Waals surface area contributed by atoms with Crippen molar-refractivity contribution in [2.24, 2.45) is 0 Å². The third-order valence-corrected chi connectivity index (χ3v) is 5.19. The molecule has 0 aromatic heterocycles. The highest BCUT2D eigenvalue weighted by atomic mass is 35.5. The number of ether oxygens (including phenoxy) is 1. The van der Waals surface area contributed by atoms with E-state index in [1.165, 1.54) is 0 Å². The van der Waals surface area contributed by atoms with Crippen molar-refractivity contribution in [3.05, 3.63) is 58.6 Å². The predicted octanol–water partition coefficient (Wildman–Crippen LogP) is 4.68. The van der Waals surface area contributed by atoms with Gasteiger partial charge in [0.2, 0.25) is 5.91 Å². The van der Waals surface area contributed by atoms with Gasteiger partial charge in [0.05, 0.1) is 11.6 Å². The first-order valence-corrected chi connectivity index (χ1v) is 10.00. The number of benzene rings is 2. The van der Waals surface area contributed by atoms with Crippen LogP contribution in [0.15, 0.2) is 42.5 Å². The van der Waals surface area contributed by atoms with E-state index in [1.54, 1.807) is 12.1 Å². The quantitative estimate of drug-likeness (QED) is 0.686. The molecule has 5 nitrogen and oxygen atoms in total. The molecular formula is C22H25ClN2O3. The Bertz CT molecular complexity index is 847. The molecule has 1 aliphatic rings. The normalized spacial score (nSPS) is 13.4. The first-order chi connectivity index (χ1) is 13.6. The number of rotatable bonds is 7. The molecule has 6 heteroatoms. The minimum absolute atomic E-state index is 0.0410. The zero-order chi connectivity index (χ0) is 19.9. The molecule has 1 aliphatic heterocycles. The van der Waals surface area contributed by atoms with E-state index in [9.17, 15) is 9.59 Å². The molecule has 1 N–H and O–H groups in total. The molecule has 2 amide bonds. The number of hydrogen-bond donors (Lipinski definition) is 1. The van der Waals surface area contributed by atoms with Crippen LogP contribution >= 0.6 is 11.6 Å². The Morgan fingerprint density at radius 2 is 1.86 bits per heavy atom. The summed E-state index contributed by atoms with van der Waals surface area (Å²) in [5, 5.41) is 3.47. The number of nitrogens with one attached hydrogen (secondary N) is 1. The van der Waals surface area contributed by atoms with E-state index in [-0.39, 0.29) is 11.8 Å². The van der Waals surface area contributed by atoms with Crippen molar-refractivity contribution < 1.29 is 14.3 Å². The Labute approximate surface area is 170 Å². The average molecular weight is 401 g/mol. The van der Waals surface area contributed by atoms with Gasteiger partial charge in [0.1, 0.15) is 5.75 Å². The zero-order valence-electron chi connectivity index (χ0n) is 16.0. The number of carbonyl (C=O) groups is 2. The first-order valence-electron chi connectivity index (χ1n) is 9.62. The lowest BCUT2D eigenvalue weighted by Gasteiger charge is -2.18. The van der Waals surface area contributed by atoms with Crippen molar-refractivity contribution in [2.45, 2.75) is 32.6 Å². The van der Waals surface area contributed by atoms with Crippen LogP contribution in [0.1, 0.15) is 41.6 Å². The van der Waals surface area contributed by atoms with Crippen LogP contribution in [0.3, 0.4) is 0 Å². The number of likely N-dealkylation sites (tertiary alicyclic amines) is 1. The lowest BCUT2D eigenvalue weighted by atomic mass is 10.1. The summed E-state index contributed by atoms with van der Waals surface area (Å²) < 4.78 is 5.61. The monoisotopic (exact) mass is 400 g/mol. The van der Waals surface area contributed by atoms with Gasteiger partial charge in [0, 0.05) is 30.8 Å². The van der Waals surface area contributed by atoms with Crippen molar-refractivity contribution >= 4 is 29.1 Å². The smallest absolute Gasteiger partial charge is 0.254 e. The molecule has 2 aromatic rings. The molecule has 0 unspecified atom stereocenters. The fraction of sp³-hybridized carbons (Fsp3) is 0.364. The van der Waals surface area contributed by atoms with Crippen LogP contribution < -0.4 is 10.1 Å². The Morgan fingerprint density at radius 3 is 2.61 bits per heavy atom. The summed E-state index contributed by atoms with van der Waals surface area (Å²) in [6, 6.07) is 12.7. The largest absolute Gasteiger partial charge is 0.492 e. The van der Waals surface area contributed by atoms with Gasteiger partial charge in [-0.25, -0.2) is 0 Å². The van der Waals surface area contributed by atoms with Crippen LogP contribution in [0.25, 0.3) is 0 Å². The van der Waals surface area contributed by atoms with Gasteiger partial charge in [0.25, 0.3) is 5.91 Å². The Balaban J connectivity index is 1.52. The molecule has 2 aromatic carbocycles. The summed E-state index contributed by atoms with van der Waals surface area (Å²) in [4.78, 5) is 26.8. The Hall–Kier alpha value is -2.53. The van der Waals surface area contributed by atoms with Gasteiger partial charge in [-0.3, -0.25) is 9.59 Å². The summed E-state index contributed by atoms with van der Waals surface area (Å²) in [6.07, 6.45) is 3.01. The number of carbonyl (C=O) groups excluding carboxylic acids is 2. The van der Waals surface area contributed by atoms with Crippen LogP contribution in [0.5, 0.6) is 5.75 Å². The second-order valence-electron chi connectivity index (χ2n) is 6.91. The van der Waals surface area contributed by atoms with Crippen molar-refractivity contribution in [2.75, 3.05) is 25.0 Å². The molecule has 28 heavy (non-hydrogen) atoms. The molecule has 1 fully saturated rings. The third kappa shape index (κ3) is 5.04. The molecule has 0 aliphatic carbocycles. The van der Waals surface area contributed by atoms with E-state index in [4.69, 9.17) is 16.3 Å². The number of amides is 2. The molecule has 0 bridgehead atoms. The number of para-hydroxylation sites is 1. The summed E-state index contributed by atoms with van der Waals surface area (Å²) in [5.41, 5.74) is 2.14. The van der Waals surface area contributed by atoms with Crippen molar-refractivity contribution in [3.63, 3.8) is 0 Å². The van der Waals surface area contributed by atoms with Gasteiger partial charge in [0.15, 0.2) is 0 Å². The summed E-state index contributed by atoms with van der Waals surface area (Å²) in [5.74, 6) is 0.560. The van der Waals surface area contributed by atoms with Crippen molar-refractivity contribution in [3.8, 4) is 5.75 Å². The van der Waals surface area contributed by atoms with E-state index in [1.807, 2.05) is 42.2 Å². The number of anilines is 1. The van der Waals surface area contributed by atoms with Crippen LogP contribution in [-0.4, -0.2) is 36.4 Å². The summed E-state index contributed by atoms with van der Waals surface area (Å²) >= 11 is 6.04. The second kappa shape index (κ2) is 9.60. The minimum Gasteiger partial charge on any atom is -0.492 e. The topological polar surface area (TPSA) is 58.6 Å². The van der Waals surface area contributed by atoms with Crippen LogP contribution in [0, 0.1) is 6.92 Å². The standard InChI is InChI=1S/C22H25ClN2O3/c1-16-17(22(27)25-13-4-5-14-25)8-6-10-19(16)24-21(26)12-7-15-28-20-11-3-2-9-18(20)23/h2-3,6,8-11H,4-5,7,12-15H2,1H3,(H,24,26). The molecule has 0 saturated carbocycles. The maximum atomic E-state index is 12.7. The van der Waals surface area contributed by atoms with Crippen molar-refractivity contribution in [1.29, 1.82) is 0 Å². The fourth-order valence-electron chi connectivity index (χ4n) is 3.28. The lowest BCUT2D eigenvalue weighted by molar-refractivity contribution is -0.116. The Kier molecular flexibility index (Phi) is 6.93. The van der Waals surface area contributed by atoms with E-state index < -0.39 is 0 Å². The second-order valence-corrected chi connectivity index (χ2v) is 7.32. The number of nitrogens with zero attached hydrogens (tertiary/aromatic N) is 1. The predicted molar refractivity (Wildman–Crippen MR) is 111 cm³/mol.